The van der Waals surface area contributed by atoms with Crippen molar-refractivity contribution in [2.45, 2.75) is 0 Å². The van der Waals surface area contributed by atoms with Gasteiger partial charge in [-0.05, 0) is 24.3 Å². The minimum absolute atomic E-state index is 0. The van der Waals surface area contributed by atoms with Crippen molar-refractivity contribution in [2.24, 2.45) is 5.73 Å². The second-order valence-electron chi connectivity index (χ2n) is 3.92. The first-order valence-corrected chi connectivity index (χ1v) is 5.34. The number of aromatic nitrogens is 1. The third-order valence-electron chi connectivity index (χ3n) is 2.83. The molecule has 1 amide bonds. The molecule has 0 saturated carbocycles. The lowest BCUT2D eigenvalue weighted by Crippen LogP contribution is -2.11. The fourth-order valence-corrected chi connectivity index (χ4v) is 2.01. The third kappa shape index (κ3) is 1.89. The van der Waals surface area contributed by atoms with Gasteiger partial charge >= 0.3 is 0 Å². The zero-order chi connectivity index (χ0) is 11.8. The van der Waals surface area contributed by atoms with Crippen LogP contribution in [0.5, 0.6) is 0 Å². The second kappa shape index (κ2) is 4.63. The molecule has 0 aliphatic heterocycles. The number of benzene rings is 2. The van der Waals surface area contributed by atoms with Crippen molar-refractivity contribution >= 4 is 40.1 Å². The number of para-hydroxylation sites is 1. The molecule has 3 nitrogen and oxygen atoms in total. The van der Waals surface area contributed by atoms with Crippen LogP contribution in [0.2, 0.25) is 0 Å². The number of primary amides is 1. The molecule has 2 aromatic carbocycles. The average Bonchev–Trinajstić information content (AvgIpc) is 2.35. The Balaban J connectivity index is 0.00000120. The van der Waals surface area contributed by atoms with Crippen LogP contribution in [0.3, 0.4) is 0 Å². The van der Waals surface area contributed by atoms with Crippen molar-refractivity contribution in [1.82, 2.24) is 4.98 Å². The Morgan fingerprint density at radius 1 is 1.00 bits per heavy atom. The lowest BCUT2D eigenvalue weighted by molar-refractivity contribution is 0.100. The quantitative estimate of drug-likeness (QED) is 0.683. The zero-order valence-electron chi connectivity index (χ0n) is 9.46. The monoisotopic (exact) mass is 258 g/mol. The molecule has 4 heteroatoms. The van der Waals surface area contributed by atoms with E-state index in [9.17, 15) is 4.79 Å². The van der Waals surface area contributed by atoms with Gasteiger partial charge in [0.05, 0.1) is 11.0 Å². The van der Waals surface area contributed by atoms with Gasteiger partial charge in [0.1, 0.15) is 0 Å². The number of amides is 1. The van der Waals surface area contributed by atoms with E-state index in [4.69, 9.17) is 5.73 Å². The molecule has 1 heterocycles. The molecule has 0 unspecified atom stereocenters. The molecule has 0 aliphatic carbocycles. The van der Waals surface area contributed by atoms with Gasteiger partial charge in [-0.25, -0.2) is 4.98 Å². The van der Waals surface area contributed by atoms with Gasteiger partial charge in [-0.2, -0.15) is 0 Å². The van der Waals surface area contributed by atoms with E-state index in [0.29, 0.717) is 5.56 Å². The summed E-state index contributed by atoms with van der Waals surface area (Å²) in [4.78, 5) is 15.9. The SMILES string of the molecule is Cl.NC(=O)c1cccc2nc3ccccc3cc12. The molecule has 0 saturated heterocycles. The summed E-state index contributed by atoms with van der Waals surface area (Å²) in [5.74, 6) is -0.423. The fourth-order valence-electron chi connectivity index (χ4n) is 2.01. The van der Waals surface area contributed by atoms with Gasteiger partial charge < -0.3 is 5.73 Å². The predicted octanol–water partition coefficient (Wildman–Crippen LogP) is 2.91. The maximum Gasteiger partial charge on any atom is 0.249 e. The Morgan fingerprint density at radius 3 is 2.50 bits per heavy atom. The molecule has 18 heavy (non-hydrogen) atoms. The van der Waals surface area contributed by atoms with Crippen molar-refractivity contribution in [3.8, 4) is 0 Å². The van der Waals surface area contributed by atoms with Crippen LogP contribution in [-0.2, 0) is 0 Å². The van der Waals surface area contributed by atoms with Crippen LogP contribution in [0, 0.1) is 0 Å². The second-order valence-corrected chi connectivity index (χ2v) is 3.92. The Labute approximate surface area is 110 Å². The summed E-state index contributed by atoms with van der Waals surface area (Å²) in [6, 6.07) is 15.2. The number of fused-ring (bicyclic) bond motifs is 2. The maximum absolute atomic E-state index is 11.3. The number of hydrogen-bond acceptors (Lipinski definition) is 2. The molecule has 2 N–H and O–H groups in total. The number of halogens is 1. The van der Waals surface area contributed by atoms with Crippen LogP contribution in [0.25, 0.3) is 21.8 Å². The minimum atomic E-state index is -0.423. The molecule has 0 radical (unpaired) electrons. The topological polar surface area (TPSA) is 56.0 Å². The van der Waals surface area contributed by atoms with Crippen LogP contribution in [0.1, 0.15) is 10.4 Å². The summed E-state index contributed by atoms with van der Waals surface area (Å²) in [6.45, 7) is 0. The number of pyridine rings is 1. The van der Waals surface area contributed by atoms with Crippen LogP contribution < -0.4 is 5.73 Å². The lowest BCUT2D eigenvalue weighted by atomic mass is 10.1. The molecule has 3 rings (SSSR count). The van der Waals surface area contributed by atoms with E-state index in [0.717, 1.165) is 21.8 Å². The van der Waals surface area contributed by atoms with E-state index >= 15 is 0 Å². The van der Waals surface area contributed by atoms with Gasteiger partial charge in [0, 0.05) is 16.3 Å². The van der Waals surface area contributed by atoms with Gasteiger partial charge in [0.2, 0.25) is 5.91 Å². The summed E-state index contributed by atoms with van der Waals surface area (Å²) in [5.41, 5.74) is 7.58. The normalized spacial score (nSPS) is 10.2. The molecule has 90 valence electrons. The molecule has 3 aromatic rings. The smallest absolute Gasteiger partial charge is 0.249 e. The van der Waals surface area contributed by atoms with Gasteiger partial charge in [0.25, 0.3) is 0 Å². The highest BCUT2D eigenvalue weighted by Crippen LogP contribution is 2.22. The number of nitrogens with zero attached hydrogens (tertiary/aromatic N) is 1. The number of carbonyl (C=O) groups is 1. The third-order valence-corrected chi connectivity index (χ3v) is 2.83. The fraction of sp³-hybridized carbons (Fsp3) is 0. The van der Waals surface area contributed by atoms with Crippen LogP contribution >= 0.6 is 12.4 Å². The van der Waals surface area contributed by atoms with Crippen LogP contribution in [0.4, 0.5) is 0 Å². The first kappa shape index (κ1) is 12.3. The highest BCUT2D eigenvalue weighted by molar-refractivity contribution is 6.07. The van der Waals surface area contributed by atoms with Gasteiger partial charge in [0.15, 0.2) is 0 Å². The minimum Gasteiger partial charge on any atom is -0.366 e. The Kier molecular flexibility index (Phi) is 3.17. The standard InChI is InChI=1S/C14H10N2O.ClH/c15-14(17)10-5-3-7-13-11(10)8-9-4-1-2-6-12(9)16-13;/h1-8H,(H2,15,17);1H. The highest BCUT2D eigenvalue weighted by Gasteiger charge is 2.07. The van der Waals surface area contributed by atoms with E-state index < -0.39 is 5.91 Å². The predicted molar refractivity (Wildman–Crippen MR) is 75.0 cm³/mol. The van der Waals surface area contributed by atoms with E-state index in [1.165, 1.54) is 0 Å². The van der Waals surface area contributed by atoms with Crippen molar-refractivity contribution in [3.05, 3.63) is 54.1 Å². The summed E-state index contributed by atoms with van der Waals surface area (Å²) >= 11 is 0. The van der Waals surface area contributed by atoms with Crippen LogP contribution in [0.15, 0.2) is 48.5 Å². The first-order valence-electron chi connectivity index (χ1n) is 5.34. The van der Waals surface area contributed by atoms with Crippen molar-refractivity contribution in [2.75, 3.05) is 0 Å². The molecule has 0 fully saturated rings. The molecular formula is C14H11ClN2O. The maximum atomic E-state index is 11.3. The largest absolute Gasteiger partial charge is 0.366 e. The van der Waals surface area contributed by atoms with E-state index in [-0.39, 0.29) is 12.4 Å². The molecule has 0 atom stereocenters. The molecule has 1 aromatic heterocycles. The zero-order valence-corrected chi connectivity index (χ0v) is 10.3. The van der Waals surface area contributed by atoms with Gasteiger partial charge in [-0.15, -0.1) is 12.4 Å². The van der Waals surface area contributed by atoms with Gasteiger partial charge in [-0.1, -0.05) is 24.3 Å². The molecule has 0 bridgehead atoms. The number of nitrogens with two attached hydrogens (primary N) is 1. The summed E-state index contributed by atoms with van der Waals surface area (Å²) < 4.78 is 0. The molecular weight excluding hydrogens is 248 g/mol. The van der Waals surface area contributed by atoms with Gasteiger partial charge in [-0.3, -0.25) is 4.79 Å². The number of carbonyl (C=O) groups excluding carboxylic acids is 1. The van der Waals surface area contributed by atoms with E-state index in [2.05, 4.69) is 4.98 Å². The summed E-state index contributed by atoms with van der Waals surface area (Å²) in [7, 11) is 0. The van der Waals surface area contributed by atoms with Crippen molar-refractivity contribution in [3.63, 3.8) is 0 Å². The molecule has 0 aliphatic rings. The summed E-state index contributed by atoms with van der Waals surface area (Å²) in [5, 5.41) is 1.81. The number of hydrogen-bond donors (Lipinski definition) is 1. The van der Waals surface area contributed by atoms with Crippen LogP contribution in [-0.4, -0.2) is 10.9 Å². The Bertz CT molecular complexity index is 740. The van der Waals surface area contributed by atoms with Crippen molar-refractivity contribution in [1.29, 1.82) is 0 Å². The Hall–Kier alpha value is -2.13. The highest BCUT2D eigenvalue weighted by atomic mass is 35.5. The number of rotatable bonds is 1. The molecule has 0 spiro atoms. The first-order chi connectivity index (χ1) is 8.25. The lowest BCUT2D eigenvalue weighted by Gasteiger charge is -2.04. The van der Waals surface area contributed by atoms with E-state index in [1.807, 2.05) is 36.4 Å². The average molecular weight is 259 g/mol. The Morgan fingerprint density at radius 2 is 1.72 bits per heavy atom. The van der Waals surface area contributed by atoms with Crippen molar-refractivity contribution < 1.29 is 4.79 Å². The summed E-state index contributed by atoms with van der Waals surface area (Å²) in [6.07, 6.45) is 0. The van der Waals surface area contributed by atoms with E-state index in [1.54, 1.807) is 12.1 Å².